The van der Waals surface area contributed by atoms with Gasteiger partial charge in [0.05, 0.1) is 27.4 Å². The van der Waals surface area contributed by atoms with Crippen LogP contribution in [0.3, 0.4) is 0 Å². The number of carboxylic acids is 1. The summed E-state index contributed by atoms with van der Waals surface area (Å²) < 4.78 is 15.4. The third-order valence-electron chi connectivity index (χ3n) is 2.59. The molecule has 5 nitrogen and oxygen atoms in total. The normalized spacial score (nSPS) is 13.4. The van der Waals surface area contributed by atoms with E-state index in [0.717, 1.165) is 5.56 Å². The Morgan fingerprint density at radius 1 is 1.38 bits per heavy atom. The summed E-state index contributed by atoms with van der Waals surface area (Å²) in [5.41, 5.74) is 1.65. The average Bonchev–Trinajstić information content (AvgIpc) is 2.73. The molecule has 0 amide bonds. The number of hydrogen-bond donors (Lipinski definition) is 1. The zero-order valence-corrected chi connectivity index (χ0v) is 9.07. The molecular formula is C11H12O5. The molecule has 0 bridgehead atoms. The highest BCUT2D eigenvalue weighted by Gasteiger charge is 2.27. The minimum atomic E-state index is -1.03. The Morgan fingerprint density at radius 2 is 2.12 bits per heavy atom. The molecule has 0 saturated heterocycles. The van der Waals surface area contributed by atoms with Gasteiger partial charge in [0.15, 0.2) is 11.5 Å². The van der Waals surface area contributed by atoms with Gasteiger partial charge in [-0.15, -0.1) is 0 Å². The van der Waals surface area contributed by atoms with Crippen molar-refractivity contribution in [3.05, 3.63) is 22.8 Å². The van der Waals surface area contributed by atoms with Gasteiger partial charge in [0.1, 0.15) is 5.56 Å². The van der Waals surface area contributed by atoms with Gasteiger partial charge in [0, 0.05) is 5.56 Å². The number of carboxylic acid groups (broad SMARTS) is 1. The lowest BCUT2D eigenvalue weighted by atomic mass is 10.0. The van der Waals surface area contributed by atoms with Gasteiger partial charge in [-0.05, 0) is 11.6 Å². The van der Waals surface area contributed by atoms with E-state index in [4.69, 9.17) is 14.2 Å². The molecule has 1 N–H and O–H groups in total. The lowest BCUT2D eigenvalue weighted by Crippen LogP contribution is -2.07. The molecule has 1 aromatic carbocycles. The van der Waals surface area contributed by atoms with Crippen LogP contribution in [0.2, 0.25) is 0 Å². The van der Waals surface area contributed by atoms with Crippen LogP contribution in [0, 0.1) is 0 Å². The van der Waals surface area contributed by atoms with E-state index in [9.17, 15) is 9.90 Å². The molecule has 0 unspecified atom stereocenters. The van der Waals surface area contributed by atoms with Crippen molar-refractivity contribution in [1.29, 1.82) is 0 Å². The Labute approximate surface area is 92.5 Å². The van der Waals surface area contributed by atoms with Crippen LogP contribution in [0.4, 0.5) is 0 Å². The van der Waals surface area contributed by atoms with Crippen LogP contribution in [0.15, 0.2) is 6.07 Å². The van der Waals surface area contributed by atoms with E-state index < -0.39 is 5.97 Å². The number of fused-ring (bicyclic) bond motifs is 1. The maximum Gasteiger partial charge on any atom is 0.340 e. The van der Waals surface area contributed by atoms with Crippen LogP contribution in [-0.4, -0.2) is 25.3 Å². The molecule has 16 heavy (non-hydrogen) atoms. The van der Waals surface area contributed by atoms with Crippen LogP contribution in [0.1, 0.15) is 21.5 Å². The number of hydrogen-bond acceptors (Lipinski definition) is 4. The Morgan fingerprint density at radius 3 is 2.69 bits per heavy atom. The molecule has 0 atom stereocenters. The average molecular weight is 224 g/mol. The van der Waals surface area contributed by atoms with Crippen LogP contribution in [-0.2, 0) is 18.0 Å². The second kappa shape index (κ2) is 4.02. The fourth-order valence-corrected chi connectivity index (χ4v) is 1.87. The predicted octanol–water partition coefficient (Wildman–Crippen LogP) is 1.43. The lowest BCUT2D eigenvalue weighted by molar-refractivity contribution is 0.0688. The highest BCUT2D eigenvalue weighted by molar-refractivity contribution is 5.94. The van der Waals surface area contributed by atoms with Crippen molar-refractivity contribution in [2.45, 2.75) is 13.2 Å². The topological polar surface area (TPSA) is 65.0 Å². The van der Waals surface area contributed by atoms with Crippen molar-refractivity contribution in [1.82, 2.24) is 0 Å². The summed E-state index contributed by atoms with van der Waals surface area (Å²) in [5.74, 6) is -0.360. The summed E-state index contributed by atoms with van der Waals surface area (Å²) in [6, 6.07) is 1.76. The van der Waals surface area contributed by atoms with E-state index >= 15 is 0 Å². The Hall–Kier alpha value is -1.75. The van der Waals surface area contributed by atoms with Gasteiger partial charge in [0.2, 0.25) is 0 Å². The van der Waals surface area contributed by atoms with Gasteiger partial charge in [0.25, 0.3) is 0 Å². The highest BCUT2D eigenvalue weighted by atomic mass is 16.5. The first-order chi connectivity index (χ1) is 7.69. The smallest absolute Gasteiger partial charge is 0.340 e. The number of rotatable bonds is 3. The Bertz CT molecular complexity index is 438. The highest BCUT2D eigenvalue weighted by Crippen LogP contribution is 2.38. The van der Waals surface area contributed by atoms with E-state index in [0.29, 0.717) is 24.5 Å². The quantitative estimate of drug-likeness (QED) is 0.841. The first kappa shape index (κ1) is 10.8. The first-order valence-electron chi connectivity index (χ1n) is 4.76. The fraction of sp³-hybridized carbons (Fsp3) is 0.364. The van der Waals surface area contributed by atoms with Crippen molar-refractivity contribution in [2.75, 3.05) is 14.2 Å². The van der Waals surface area contributed by atoms with Gasteiger partial charge in [-0.1, -0.05) is 0 Å². The molecule has 0 saturated carbocycles. The summed E-state index contributed by atoms with van der Waals surface area (Å²) >= 11 is 0. The molecule has 2 rings (SSSR count). The van der Waals surface area contributed by atoms with Gasteiger partial charge in [-0.3, -0.25) is 0 Å². The standard InChI is InChI=1S/C11H12O5/c1-14-8-3-6-4-16-5-7(6)9(11(12)13)10(8)15-2/h3H,4-5H2,1-2H3,(H,12,13). The SMILES string of the molecule is COc1cc2c(c(C(=O)O)c1OC)COC2. The maximum absolute atomic E-state index is 11.2. The summed E-state index contributed by atoms with van der Waals surface area (Å²) in [5, 5.41) is 9.19. The molecule has 1 aromatic rings. The van der Waals surface area contributed by atoms with Gasteiger partial charge in [-0.25, -0.2) is 4.79 Å². The van der Waals surface area contributed by atoms with E-state index in [1.54, 1.807) is 6.07 Å². The largest absolute Gasteiger partial charge is 0.493 e. The number of ether oxygens (including phenoxy) is 3. The van der Waals surface area contributed by atoms with E-state index in [1.165, 1.54) is 14.2 Å². The van der Waals surface area contributed by atoms with Crippen LogP contribution in [0.25, 0.3) is 0 Å². The molecule has 0 aromatic heterocycles. The second-order valence-corrected chi connectivity index (χ2v) is 3.42. The zero-order chi connectivity index (χ0) is 11.7. The third kappa shape index (κ3) is 1.49. The summed E-state index contributed by atoms with van der Waals surface area (Å²) in [6.07, 6.45) is 0. The number of aromatic carboxylic acids is 1. The fourth-order valence-electron chi connectivity index (χ4n) is 1.87. The molecule has 0 aliphatic carbocycles. The van der Waals surface area contributed by atoms with Gasteiger partial charge < -0.3 is 19.3 Å². The zero-order valence-electron chi connectivity index (χ0n) is 9.07. The Balaban J connectivity index is 2.70. The van der Waals surface area contributed by atoms with E-state index in [1.807, 2.05) is 0 Å². The molecule has 86 valence electrons. The summed E-state index contributed by atoms with van der Waals surface area (Å²) in [7, 11) is 2.90. The number of benzene rings is 1. The van der Waals surface area contributed by atoms with Crippen molar-refractivity contribution in [3.63, 3.8) is 0 Å². The van der Waals surface area contributed by atoms with Crippen LogP contribution >= 0.6 is 0 Å². The molecule has 0 fully saturated rings. The number of methoxy groups -OCH3 is 2. The van der Waals surface area contributed by atoms with Crippen LogP contribution in [0.5, 0.6) is 11.5 Å². The van der Waals surface area contributed by atoms with Crippen molar-refractivity contribution < 1.29 is 24.1 Å². The molecule has 5 heteroatoms. The summed E-state index contributed by atoms with van der Waals surface area (Å²) in [4.78, 5) is 11.2. The minimum Gasteiger partial charge on any atom is -0.493 e. The lowest BCUT2D eigenvalue weighted by Gasteiger charge is -2.13. The Kier molecular flexibility index (Phi) is 2.70. The summed E-state index contributed by atoms with van der Waals surface area (Å²) in [6.45, 7) is 0.716. The van der Waals surface area contributed by atoms with Crippen molar-refractivity contribution >= 4 is 5.97 Å². The molecule has 1 heterocycles. The monoisotopic (exact) mass is 224 g/mol. The van der Waals surface area contributed by atoms with Gasteiger partial charge in [-0.2, -0.15) is 0 Å². The number of carbonyl (C=O) groups is 1. The molecule has 1 aliphatic rings. The van der Waals surface area contributed by atoms with Crippen molar-refractivity contribution in [2.24, 2.45) is 0 Å². The predicted molar refractivity (Wildman–Crippen MR) is 55.0 cm³/mol. The maximum atomic E-state index is 11.2. The van der Waals surface area contributed by atoms with E-state index in [-0.39, 0.29) is 11.3 Å². The molecule has 0 radical (unpaired) electrons. The first-order valence-corrected chi connectivity index (χ1v) is 4.76. The molecular weight excluding hydrogens is 212 g/mol. The van der Waals surface area contributed by atoms with Gasteiger partial charge >= 0.3 is 5.97 Å². The van der Waals surface area contributed by atoms with E-state index in [2.05, 4.69) is 0 Å². The minimum absolute atomic E-state index is 0.134. The van der Waals surface area contributed by atoms with Crippen molar-refractivity contribution in [3.8, 4) is 11.5 Å². The van der Waals surface area contributed by atoms with Crippen LogP contribution < -0.4 is 9.47 Å². The third-order valence-corrected chi connectivity index (χ3v) is 2.59. The second-order valence-electron chi connectivity index (χ2n) is 3.42. The molecule has 0 spiro atoms. The molecule has 1 aliphatic heterocycles.